The van der Waals surface area contributed by atoms with Crippen LogP contribution in [0.25, 0.3) is 0 Å². The van der Waals surface area contributed by atoms with Gasteiger partial charge in [-0.1, -0.05) is 23.7 Å². The average Bonchev–Trinajstić information content (AvgIpc) is 2.61. The van der Waals surface area contributed by atoms with Crippen molar-refractivity contribution < 1.29 is 9.26 Å². The summed E-state index contributed by atoms with van der Waals surface area (Å²) in [5.41, 5.74) is 8.21. The number of rotatable bonds is 8. The van der Waals surface area contributed by atoms with E-state index in [0.717, 1.165) is 17.0 Å². The number of benzene rings is 2. The quantitative estimate of drug-likeness (QED) is 0.228. The van der Waals surface area contributed by atoms with Crippen LogP contribution in [0.1, 0.15) is 33.3 Å². The van der Waals surface area contributed by atoms with Gasteiger partial charge in [0.2, 0.25) is 5.96 Å². The Morgan fingerprint density at radius 1 is 1.07 bits per heavy atom. The minimum atomic E-state index is 0.136. The number of anilines is 1. The van der Waals surface area contributed by atoms with Crippen molar-refractivity contribution in [3.05, 3.63) is 59.1 Å². The lowest BCUT2D eigenvalue weighted by Crippen LogP contribution is -3.22. The van der Waals surface area contributed by atoms with Crippen molar-refractivity contribution in [1.82, 2.24) is 10.9 Å². The van der Waals surface area contributed by atoms with Crippen LogP contribution < -0.4 is 25.4 Å². The van der Waals surface area contributed by atoms with Gasteiger partial charge < -0.3 is 22.9 Å². The van der Waals surface area contributed by atoms with E-state index in [0.29, 0.717) is 22.1 Å². The highest BCUT2D eigenvalue weighted by atomic mass is 35.5. The van der Waals surface area contributed by atoms with E-state index in [1.807, 2.05) is 76.2 Å². The van der Waals surface area contributed by atoms with Gasteiger partial charge in [-0.2, -0.15) is 5.43 Å². The molecule has 152 valence electrons. The summed E-state index contributed by atoms with van der Waals surface area (Å²) in [6, 6.07) is 15.6. The SMILES string of the molecule is CC(C)N[NH+]([S-])NC(=NCc1ccc(Cl)cc1)Nc1ccc(OC(C)C)cc1. The van der Waals surface area contributed by atoms with E-state index in [1.54, 1.807) is 0 Å². The normalized spacial score (nSPS) is 12.9. The Kier molecular flexibility index (Phi) is 8.92. The first kappa shape index (κ1) is 22.4. The van der Waals surface area contributed by atoms with Crippen LogP contribution in [-0.2, 0) is 19.4 Å². The van der Waals surface area contributed by atoms with E-state index in [-0.39, 0.29) is 12.1 Å². The second-order valence-electron chi connectivity index (χ2n) is 6.86. The van der Waals surface area contributed by atoms with Crippen LogP contribution in [0.15, 0.2) is 53.5 Å². The lowest BCUT2D eigenvalue weighted by molar-refractivity contribution is -0.847. The molecule has 0 saturated heterocycles. The fourth-order valence-electron chi connectivity index (χ4n) is 2.30. The number of nitrogens with one attached hydrogen (secondary N) is 4. The van der Waals surface area contributed by atoms with Crippen molar-refractivity contribution in [2.75, 3.05) is 5.32 Å². The maximum Gasteiger partial charge on any atom is 0.243 e. The second-order valence-corrected chi connectivity index (χ2v) is 7.71. The first-order valence-corrected chi connectivity index (χ1v) is 10.0. The molecule has 28 heavy (non-hydrogen) atoms. The first-order chi connectivity index (χ1) is 13.3. The molecule has 1 unspecified atom stereocenters. The molecular weight excluding hydrogens is 394 g/mol. The maximum atomic E-state index is 5.95. The summed E-state index contributed by atoms with van der Waals surface area (Å²) >= 11 is 11.3. The average molecular weight is 422 g/mol. The number of nitrogens with zero attached hydrogens (tertiary/aromatic N) is 1. The highest BCUT2D eigenvalue weighted by molar-refractivity contribution is 7.51. The molecule has 0 amide bonds. The Balaban J connectivity index is 2.10. The van der Waals surface area contributed by atoms with Crippen molar-refractivity contribution in [2.24, 2.45) is 4.99 Å². The molecule has 0 bridgehead atoms. The van der Waals surface area contributed by atoms with Crippen LogP contribution in [0.4, 0.5) is 5.69 Å². The number of aliphatic imine (C=N–C) groups is 1. The predicted octanol–water partition coefficient (Wildman–Crippen LogP) is 2.86. The summed E-state index contributed by atoms with van der Waals surface area (Å²) in [6.07, 6.45) is 0.136. The van der Waals surface area contributed by atoms with Crippen LogP contribution in [-0.4, -0.2) is 18.1 Å². The third-order valence-electron chi connectivity index (χ3n) is 3.47. The fraction of sp³-hybridized carbons (Fsp3) is 0.350. The molecule has 0 heterocycles. The molecule has 2 aromatic rings. The fourth-order valence-corrected chi connectivity index (χ4v) is 2.76. The Labute approximate surface area is 177 Å². The van der Waals surface area contributed by atoms with E-state index < -0.39 is 0 Å². The van der Waals surface area contributed by atoms with Gasteiger partial charge in [0.25, 0.3) is 0 Å². The van der Waals surface area contributed by atoms with Crippen LogP contribution in [0.5, 0.6) is 5.75 Å². The Bertz CT molecular complexity index is 750. The van der Waals surface area contributed by atoms with Gasteiger partial charge in [0, 0.05) is 10.7 Å². The molecule has 6 nitrogen and oxygen atoms in total. The third kappa shape index (κ3) is 8.39. The Morgan fingerprint density at radius 2 is 1.71 bits per heavy atom. The van der Waals surface area contributed by atoms with Gasteiger partial charge in [0.05, 0.1) is 18.7 Å². The molecule has 0 saturated carbocycles. The lowest BCUT2D eigenvalue weighted by Gasteiger charge is -2.27. The molecular formula is C20H28ClN5OS. The van der Waals surface area contributed by atoms with E-state index in [1.165, 1.54) is 0 Å². The summed E-state index contributed by atoms with van der Waals surface area (Å²) in [5, 5.41) is 3.98. The molecule has 1 atom stereocenters. The number of halogens is 1. The molecule has 0 spiro atoms. The lowest BCUT2D eigenvalue weighted by atomic mass is 10.2. The Hall–Kier alpha value is -1.93. The zero-order valence-corrected chi connectivity index (χ0v) is 18.2. The topological polar surface area (TPSA) is 62.1 Å². The summed E-state index contributed by atoms with van der Waals surface area (Å²) in [7, 11) is 0. The van der Waals surface area contributed by atoms with Crippen molar-refractivity contribution in [3.63, 3.8) is 0 Å². The van der Waals surface area contributed by atoms with Crippen LogP contribution in [0, 0.1) is 0 Å². The molecule has 0 aliphatic rings. The number of hydrogen-bond acceptors (Lipinski definition) is 4. The smallest absolute Gasteiger partial charge is 0.243 e. The van der Waals surface area contributed by atoms with E-state index in [2.05, 4.69) is 21.2 Å². The highest BCUT2D eigenvalue weighted by Gasteiger charge is 2.06. The van der Waals surface area contributed by atoms with Gasteiger partial charge >= 0.3 is 0 Å². The minimum Gasteiger partial charge on any atom is -0.491 e. The second kappa shape index (κ2) is 11.2. The zero-order valence-electron chi connectivity index (χ0n) is 16.6. The molecule has 4 N–H and O–H groups in total. The molecule has 0 aliphatic heterocycles. The molecule has 2 aromatic carbocycles. The van der Waals surface area contributed by atoms with Gasteiger partial charge in [0.1, 0.15) is 5.75 Å². The summed E-state index contributed by atoms with van der Waals surface area (Å²) < 4.78 is 6.19. The molecule has 0 radical (unpaired) electrons. The van der Waals surface area contributed by atoms with Crippen molar-refractivity contribution >= 4 is 36.1 Å². The standard InChI is InChI=1S/C20H28ClN5OS/c1-14(2)24-26(28)25-20(22-13-16-5-7-17(21)8-6-16)23-18-9-11-19(12-10-18)27-15(3)4/h5-12,14-15,24,26H,13H2,1-4H3,(H2,22,23,25). The zero-order chi connectivity index (χ0) is 20.5. The van der Waals surface area contributed by atoms with Crippen molar-refractivity contribution in [2.45, 2.75) is 46.4 Å². The maximum absolute atomic E-state index is 5.95. The third-order valence-corrected chi connectivity index (χ3v) is 3.95. The predicted molar refractivity (Wildman–Crippen MR) is 118 cm³/mol. The number of hydrogen-bond donors (Lipinski definition) is 4. The van der Waals surface area contributed by atoms with Crippen LogP contribution in [0.3, 0.4) is 0 Å². The largest absolute Gasteiger partial charge is 0.491 e. The summed E-state index contributed by atoms with van der Waals surface area (Å²) in [4.78, 5) is 4.63. The monoisotopic (exact) mass is 421 g/mol. The van der Waals surface area contributed by atoms with E-state index >= 15 is 0 Å². The summed E-state index contributed by atoms with van der Waals surface area (Å²) in [6.45, 7) is 8.55. The molecule has 0 aromatic heterocycles. The number of quaternary nitrogens is 1. The molecule has 0 fully saturated rings. The van der Waals surface area contributed by atoms with Gasteiger partial charge in [0.15, 0.2) is 0 Å². The van der Waals surface area contributed by atoms with Gasteiger partial charge in [-0.25, -0.2) is 10.4 Å². The van der Waals surface area contributed by atoms with Crippen LogP contribution >= 0.6 is 11.6 Å². The number of ether oxygens (including phenoxy) is 1. The van der Waals surface area contributed by atoms with Crippen molar-refractivity contribution in [3.8, 4) is 5.75 Å². The first-order valence-electron chi connectivity index (χ1n) is 9.22. The number of guanidine groups is 1. The van der Waals surface area contributed by atoms with Crippen LogP contribution in [0.2, 0.25) is 5.02 Å². The highest BCUT2D eigenvalue weighted by Crippen LogP contribution is 2.17. The van der Waals surface area contributed by atoms with Gasteiger partial charge in [-0.15, -0.1) is 0 Å². The van der Waals surface area contributed by atoms with E-state index in [4.69, 9.17) is 29.2 Å². The van der Waals surface area contributed by atoms with Gasteiger partial charge in [-0.3, -0.25) is 4.52 Å². The van der Waals surface area contributed by atoms with E-state index in [9.17, 15) is 0 Å². The molecule has 0 aliphatic carbocycles. The minimum absolute atomic E-state index is 0.136. The summed E-state index contributed by atoms with van der Waals surface area (Å²) in [5.74, 6) is 1.38. The molecule has 2 rings (SSSR count). The van der Waals surface area contributed by atoms with Gasteiger partial charge in [-0.05, 0) is 69.7 Å². The van der Waals surface area contributed by atoms with Crippen molar-refractivity contribution in [1.29, 1.82) is 0 Å². The Morgan fingerprint density at radius 3 is 2.29 bits per heavy atom. The molecule has 8 heteroatoms.